The Morgan fingerprint density at radius 3 is 2.95 bits per heavy atom. The van der Waals surface area contributed by atoms with Gasteiger partial charge in [-0.3, -0.25) is 0 Å². The second-order valence-electron chi connectivity index (χ2n) is 4.47. The Bertz CT molecular complexity index is 760. The highest BCUT2D eigenvalue weighted by Gasteiger charge is 2.10. The zero-order chi connectivity index (χ0) is 14.7. The van der Waals surface area contributed by atoms with Crippen molar-refractivity contribution < 1.29 is 4.74 Å². The Kier molecular flexibility index (Phi) is 4.36. The Labute approximate surface area is 135 Å². The van der Waals surface area contributed by atoms with Crippen LogP contribution in [0.15, 0.2) is 40.9 Å². The molecule has 3 rings (SSSR count). The van der Waals surface area contributed by atoms with Gasteiger partial charge in [-0.2, -0.15) is 0 Å². The topological polar surface area (TPSA) is 47.0 Å². The van der Waals surface area contributed by atoms with E-state index in [1.807, 2.05) is 25.1 Å². The molecule has 0 aliphatic carbocycles. The standard InChI is InChI=1S/C15H14BrN3OS/c1-2-17-15-12(18-19-21-15)9-20-13-8-7-10-5-3-4-6-11(10)14(13)16/h3-8,17H,2,9H2,1H3. The van der Waals surface area contributed by atoms with Gasteiger partial charge < -0.3 is 10.1 Å². The molecule has 2 aromatic carbocycles. The van der Waals surface area contributed by atoms with Crippen LogP contribution in [-0.4, -0.2) is 16.1 Å². The molecule has 0 fully saturated rings. The fourth-order valence-electron chi connectivity index (χ4n) is 2.07. The Morgan fingerprint density at radius 2 is 2.10 bits per heavy atom. The summed E-state index contributed by atoms with van der Waals surface area (Å²) in [5.41, 5.74) is 0.835. The van der Waals surface area contributed by atoms with Gasteiger partial charge in [0.25, 0.3) is 0 Å². The monoisotopic (exact) mass is 363 g/mol. The lowest BCUT2D eigenvalue weighted by atomic mass is 10.1. The first-order chi connectivity index (χ1) is 10.3. The third kappa shape index (κ3) is 3.01. The van der Waals surface area contributed by atoms with Crippen molar-refractivity contribution in [2.45, 2.75) is 13.5 Å². The highest BCUT2D eigenvalue weighted by molar-refractivity contribution is 9.10. The van der Waals surface area contributed by atoms with Crippen LogP contribution in [0.2, 0.25) is 0 Å². The normalized spacial score (nSPS) is 10.8. The van der Waals surface area contributed by atoms with Crippen LogP contribution in [0.1, 0.15) is 12.6 Å². The van der Waals surface area contributed by atoms with E-state index in [4.69, 9.17) is 4.74 Å². The number of ether oxygens (including phenoxy) is 1. The molecule has 0 spiro atoms. The van der Waals surface area contributed by atoms with Crippen molar-refractivity contribution in [2.24, 2.45) is 0 Å². The zero-order valence-corrected chi connectivity index (χ0v) is 13.9. The van der Waals surface area contributed by atoms with E-state index in [9.17, 15) is 0 Å². The minimum atomic E-state index is 0.399. The number of nitrogens with zero attached hydrogens (tertiary/aromatic N) is 2. The number of hydrogen-bond donors (Lipinski definition) is 1. The van der Waals surface area contributed by atoms with Crippen LogP contribution in [0, 0.1) is 0 Å². The van der Waals surface area contributed by atoms with Gasteiger partial charge >= 0.3 is 0 Å². The number of aromatic nitrogens is 2. The molecule has 0 unspecified atom stereocenters. The first-order valence-electron chi connectivity index (χ1n) is 6.64. The number of hydrogen-bond acceptors (Lipinski definition) is 5. The molecule has 0 radical (unpaired) electrons. The first-order valence-corrected chi connectivity index (χ1v) is 8.21. The molecule has 0 atom stereocenters. The molecule has 1 heterocycles. The molecule has 6 heteroatoms. The Morgan fingerprint density at radius 1 is 1.24 bits per heavy atom. The number of anilines is 1. The maximum atomic E-state index is 5.89. The van der Waals surface area contributed by atoms with Gasteiger partial charge in [0.2, 0.25) is 0 Å². The summed E-state index contributed by atoms with van der Waals surface area (Å²) >= 11 is 4.97. The van der Waals surface area contributed by atoms with Crippen molar-refractivity contribution in [1.29, 1.82) is 0 Å². The van der Waals surface area contributed by atoms with E-state index >= 15 is 0 Å². The third-order valence-corrected chi connectivity index (χ3v) is 4.63. The summed E-state index contributed by atoms with van der Waals surface area (Å²) in [6.07, 6.45) is 0. The Balaban J connectivity index is 1.82. The first kappa shape index (κ1) is 14.3. The largest absolute Gasteiger partial charge is 0.486 e. The summed E-state index contributed by atoms with van der Waals surface area (Å²) in [7, 11) is 0. The van der Waals surface area contributed by atoms with Gasteiger partial charge in [-0.15, -0.1) is 5.10 Å². The molecule has 0 bridgehead atoms. The van der Waals surface area contributed by atoms with E-state index in [0.29, 0.717) is 6.61 Å². The van der Waals surface area contributed by atoms with Gasteiger partial charge in [0, 0.05) is 18.1 Å². The van der Waals surface area contributed by atoms with E-state index in [-0.39, 0.29) is 0 Å². The summed E-state index contributed by atoms with van der Waals surface area (Å²) < 4.78 is 10.8. The minimum Gasteiger partial charge on any atom is -0.486 e. The zero-order valence-electron chi connectivity index (χ0n) is 11.5. The van der Waals surface area contributed by atoms with Crippen LogP contribution in [0.4, 0.5) is 5.00 Å². The maximum absolute atomic E-state index is 5.89. The molecule has 0 aliphatic rings. The van der Waals surface area contributed by atoms with Crippen molar-refractivity contribution in [3.63, 3.8) is 0 Å². The summed E-state index contributed by atoms with van der Waals surface area (Å²) in [4.78, 5) is 0. The van der Waals surface area contributed by atoms with E-state index in [1.165, 1.54) is 16.9 Å². The molecule has 1 N–H and O–H groups in total. The molecule has 0 saturated carbocycles. The molecular formula is C15H14BrN3OS. The maximum Gasteiger partial charge on any atom is 0.136 e. The molecule has 4 nitrogen and oxygen atoms in total. The van der Waals surface area contributed by atoms with Crippen LogP contribution in [-0.2, 0) is 6.61 Å². The molecule has 0 amide bonds. The quantitative estimate of drug-likeness (QED) is 0.726. The lowest BCUT2D eigenvalue weighted by Gasteiger charge is -2.10. The van der Waals surface area contributed by atoms with E-state index in [2.05, 4.69) is 49.0 Å². The number of fused-ring (bicyclic) bond motifs is 1. The Hall–Kier alpha value is -1.66. The van der Waals surface area contributed by atoms with Crippen molar-refractivity contribution in [1.82, 2.24) is 9.59 Å². The molecule has 1 aromatic heterocycles. The smallest absolute Gasteiger partial charge is 0.136 e. The minimum absolute atomic E-state index is 0.399. The number of halogens is 1. The van der Waals surface area contributed by atoms with Crippen molar-refractivity contribution in [2.75, 3.05) is 11.9 Å². The van der Waals surface area contributed by atoms with Gasteiger partial charge in [0.15, 0.2) is 0 Å². The second-order valence-corrected chi connectivity index (χ2v) is 6.01. The highest BCUT2D eigenvalue weighted by atomic mass is 79.9. The fraction of sp³-hybridized carbons (Fsp3) is 0.200. The number of benzene rings is 2. The van der Waals surface area contributed by atoms with Crippen molar-refractivity contribution >= 4 is 43.2 Å². The van der Waals surface area contributed by atoms with E-state index in [0.717, 1.165) is 32.8 Å². The van der Waals surface area contributed by atoms with Crippen LogP contribution >= 0.6 is 27.5 Å². The summed E-state index contributed by atoms with van der Waals surface area (Å²) in [6.45, 7) is 3.29. The lowest BCUT2D eigenvalue weighted by Crippen LogP contribution is -2.02. The summed E-state index contributed by atoms with van der Waals surface area (Å²) in [5, 5.41) is 10.6. The number of nitrogens with one attached hydrogen (secondary N) is 1. The van der Waals surface area contributed by atoms with Gasteiger partial charge in [-0.1, -0.05) is 34.8 Å². The predicted molar refractivity (Wildman–Crippen MR) is 90.1 cm³/mol. The lowest BCUT2D eigenvalue weighted by molar-refractivity contribution is 0.300. The number of rotatable bonds is 5. The second kappa shape index (κ2) is 6.41. The SMILES string of the molecule is CCNc1snnc1COc1ccc2ccccc2c1Br. The molecule has 0 saturated heterocycles. The van der Waals surface area contributed by atoms with Gasteiger partial charge in [0.05, 0.1) is 4.47 Å². The molecular weight excluding hydrogens is 350 g/mol. The fourth-order valence-corrected chi connectivity index (χ4v) is 3.31. The van der Waals surface area contributed by atoms with Crippen LogP contribution in [0.3, 0.4) is 0 Å². The van der Waals surface area contributed by atoms with Crippen LogP contribution in [0.25, 0.3) is 10.8 Å². The van der Waals surface area contributed by atoms with Crippen molar-refractivity contribution in [3.05, 3.63) is 46.6 Å². The van der Waals surface area contributed by atoms with E-state index < -0.39 is 0 Å². The molecule has 3 aromatic rings. The van der Waals surface area contributed by atoms with Crippen LogP contribution in [0.5, 0.6) is 5.75 Å². The highest BCUT2D eigenvalue weighted by Crippen LogP contribution is 2.33. The summed E-state index contributed by atoms with van der Waals surface area (Å²) in [5.74, 6) is 0.809. The molecule has 0 aliphatic heterocycles. The molecule has 21 heavy (non-hydrogen) atoms. The van der Waals surface area contributed by atoms with Crippen LogP contribution < -0.4 is 10.1 Å². The third-order valence-electron chi connectivity index (χ3n) is 3.09. The summed E-state index contributed by atoms with van der Waals surface area (Å²) in [6, 6.07) is 12.2. The van der Waals surface area contributed by atoms with Crippen molar-refractivity contribution in [3.8, 4) is 5.75 Å². The average Bonchev–Trinajstić information content (AvgIpc) is 2.95. The average molecular weight is 364 g/mol. The van der Waals surface area contributed by atoms with E-state index in [1.54, 1.807) is 0 Å². The predicted octanol–water partition coefficient (Wildman–Crippen LogP) is 4.46. The van der Waals surface area contributed by atoms with Gasteiger partial charge in [-0.25, -0.2) is 0 Å². The van der Waals surface area contributed by atoms with Gasteiger partial charge in [-0.05, 0) is 39.7 Å². The van der Waals surface area contributed by atoms with Gasteiger partial charge in [0.1, 0.15) is 23.1 Å². The molecule has 108 valence electrons.